The molecule has 1 aromatic heterocycles. The summed E-state index contributed by atoms with van der Waals surface area (Å²) in [4.78, 5) is 33.4. The number of carbonyl (C=O) groups excluding carboxylic acids is 1. The lowest BCUT2D eigenvalue weighted by Gasteiger charge is -2.39. The molecule has 0 saturated carbocycles. The lowest BCUT2D eigenvalue weighted by atomic mass is 10.0. The van der Waals surface area contributed by atoms with Gasteiger partial charge >= 0.3 is 0 Å². The summed E-state index contributed by atoms with van der Waals surface area (Å²) in [5.41, 5.74) is 1.98. The third-order valence-electron chi connectivity index (χ3n) is 7.38. The van der Waals surface area contributed by atoms with Crippen LogP contribution in [0.1, 0.15) is 49.8 Å². The second-order valence-electron chi connectivity index (χ2n) is 9.99. The molecule has 0 unspecified atom stereocenters. The van der Waals surface area contributed by atoms with Crippen molar-refractivity contribution in [1.29, 1.82) is 5.26 Å². The number of ether oxygens (including phenoxy) is 1. The average molecular weight is 598 g/mol. The highest BCUT2D eigenvalue weighted by Gasteiger charge is 2.33. The summed E-state index contributed by atoms with van der Waals surface area (Å²) in [6.07, 6.45) is 4.14. The third kappa shape index (κ3) is 6.83. The van der Waals surface area contributed by atoms with E-state index in [-0.39, 0.29) is 22.8 Å². The molecule has 0 bridgehead atoms. The van der Waals surface area contributed by atoms with Gasteiger partial charge in [0, 0.05) is 63.7 Å². The van der Waals surface area contributed by atoms with Crippen molar-refractivity contribution in [1.82, 2.24) is 9.47 Å². The second-order valence-corrected chi connectivity index (χ2v) is 11.7. The molecular formula is C30H36FN5O3S2. The molecule has 1 aromatic carbocycles. The van der Waals surface area contributed by atoms with Gasteiger partial charge in [-0.3, -0.25) is 19.1 Å². The highest BCUT2D eigenvalue weighted by molar-refractivity contribution is 8.26. The van der Waals surface area contributed by atoms with Gasteiger partial charge < -0.3 is 14.5 Å². The molecule has 2 aliphatic heterocycles. The van der Waals surface area contributed by atoms with E-state index in [2.05, 4.69) is 22.8 Å². The Morgan fingerprint density at radius 1 is 1.07 bits per heavy atom. The minimum atomic E-state index is -0.310. The number of benzene rings is 1. The maximum Gasteiger partial charge on any atom is 0.270 e. The molecule has 0 aliphatic carbocycles. The smallest absolute Gasteiger partial charge is 0.270 e. The summed E-state index contributed by atoms with van der Waals surface area (Å²) in [6.45, 7) is 10.5. The largest absolute Gasteiger partial charge is 0.382 e. The number of thioether (sulfide) groups is 1. The highest BCUT2D eigenvalue weighted by atomic mass is 32.2. The van der Waals surface area contributed by atoms with Crippen LogP contribution in [0.2, 0.25) is 0 Å². The molecular weight excluding hydrogens is 561 g/mol. The van der Waals surface area contributed by atoms with Gasteiger partial charge in [-0.05, 0) is 62.6 Å². The molecule has 2 aromatic rings. The number of unbranched alkanes of at least 4 members (excludes halogenated alkanes) is 1. The van der Waals surface area contributed by atoms with Crippen molar-refractivity contribution >= 4 is 51.8 Å². The molecule has 0 N–H and O–H groups in total. The van der Waals surface area contributed by atoms with E-state index < -0.39 is 0 Å². The van der Waals surface area contributed by atoms with Crippen molar-refractivity contribution in [2.24, 2.45) is 0 Å². The van der Waals surface area contributed by atoms with Crippen LogP contribution in [-0.4, -0.2) is 65.6 Å². The average Bonchev–Trinajstić information content (AvgIpc) is 3.24. The fraction of sp³-hybridized carbons (Fsp3) is 0.467. The first-order chi connectivity index (χ1) is 19.8. The molecule has 3 heterocycles. The Labute approximate surface area is 250 Å². The van der Waals surface area contributed by atoms with Crippen LogP contribution >= 0.6 is 24.0 Å². The van der Waals surface area contributed by atoms with Gasteiger partial charge in [0.2, 0.25) is 0 Å². The molecule has 41 heavy (non-hydrogen) atoms. The quantitative estimate of drug-likeness (QED) is 0.205. The van der Waals surface area contributed by atoms with Gasteiger partial charge in [-0.25, -0.2) is 4.39 Å². The Balaban J connectivity index is 1.72. The first kappa shape index (κ1) is 30.8. The van der Waals surface area contributed by atoms with Gasteiger partial charge in [-0.15, -0.1) is 0 Å². The maximum atomic E-state index is 13.6. The number of rotatable bonds is 11. The van der Waals surface area contributed by atoms with Gasteiger partial charge in [0.15, 0.2) is 0 Å². The lowest BCUT2D eigenvalue weighted by Crippen LogP contribution is -2.48. The Hall–Kier alpha value is -3.20. The Morgan fingerprint density at radius 2 is 1.76 bits per heavy atom. The van der Waals surface area contributed by atoms with Crippen LogP contribution in [0.15, 0.2) is 34.0 Å². The van der Waals surface area contributed by atoms with E-state index in [1.807, 2.05) is 13.0 Å². The SMILES string of the molecule is CCCCn1c(N2CCN(c3ccc(F)cc3)CC2)c(/C=C2\SC(=S)N(CCCOCC)C2=O)c(C)c(C#N)c1=O. The fourth-order valence-electron chi connectivity index (χ4n) is 5.13. The minimum absolute atomic E-state index is 0.0910. The predicted octanol–water partition coefficient (Wildman–Crippen LogP) is 4.92. The van der Waals surface area contributed by atoms with Crippen LogP contribution in [-0.2, 0) is 16.1 Å². The second kappa shape index (κ2) is 14.1. The zero-order valence-electron chi connectivity index (χ0n) is 23.8. The standard InChI is InChI=1S/C30H36FN5O3S2/c1-4-6-12-35-27(34-16-14-33(15-17-34)23-10-8-22(31)9-11-23)24(21(3)25(20-32)28(35)37)19-26-29(38)36(30(40)41-26)13-7-18-39-5-2/h8-11,19H,4-7,12-18H2,1-3H3/b26-19-. The van der Waals surface area contributed by atoms with Crippen LogP contribution < -0.4 is 15.4 Å². The highest BCUT2D eigenvalue weighted by Crippen LogP contribution is 2.36. The number of carbonyl (C=O) groups is 1. The molecule has 4 rings (SSSR count). The van der Waals surface area contributed by atoms with Gasteiger partial charge in [0.1, 0.15) is 27.6 Å². The number of hydrogen-bond donors (Lipinski definition) is 0. The number of amides is 1. The van der Waals surface area contributed by atoms with Gasteiger partial charge in [0.05, 0.1) is 4.91 Å². The van der Waals surface area contributed by atoms with Crippen molar-refractivity contribution in [3.05, 3.63) is 62.0 Å². The summed E-state index contributed by atoms with van der Waals surface area (Å²) < 4.78 is 21.1. The van der Waals surface area contributed by atoms with E-state index >= 15 is 0 Å². The summed E-state index contributed by atoms with van der Waals surface area (Å²) in [5.74, 6) is 0.276. The Bertz CT molecular complexity index is 1410. The van der Waals surface area contributed by atoms with E-state index in [9.17, 15) is 19.2 Å². The first-order valence-electron chi connectivity index (χ1n) is 14.1. The van der Waals surface area contributed by atoms with Crippen LogP contribution in [0, 0.1) is 24.1 Å². The molecule has 0 spiro atoms. The zero-order valence-corrected chi connectivity index (χ0v) is 25.5. The van der Waals surface area contributed by atoms with Gasteiger partial charge in [-0.2, -0.15) is 5.26 Å². The van der Waals surface area contributed by atoms with E-state index in [1.54, 1.807) is 28.5 Å². The van der Waals surface area contributed by atoms with Crippen molar-refractivity contribution in [3.63, 3.8) is 0 Å². The number of pyridine rings is 1. The molecule has 1 amide bonds. The summed E-state index contributed by atoms with van der Waals surface area (Å²) in [7, 11) is 0. The lowest BCUT2D eigenvalue weighted by molar-refractivity contribution is -0.122. The topological polar surface area (TPSA) is 81.8 Å². The number of piperazine rings is 1. The molecule has 11 heteroatoms. The molecule has 8 nitrogen and oxygen atoms in total. The van der Waals surface area contributed by atoms with Crippen LogP contribution in [0.4, 0.5) is 15.9 Å². The predicted molar refractivity (Wildman–Crippen MR) is 167 cm³/mol. The number of aromatic nitrogens is 1. The number of nitriles is 1. The number of anilines is 2. The van der Waals surface area contributed by atoms with Crippen LogP contribution in [0.3, 0.4) is 0 Å². The molecule has 2 fully saturated rings. The van der Waals surface area contributed by atoms with Crippen molar-refractivity contribution < 1.29 is 13.9 Å². The number of nitrogens with zero attached hydrogens (tertiary/aromatic N) is 5. The number of halogens is 1. The van der Waals surface area contributed by atoms with Crippen molar-refractivity contribution in [3.8, 4) is 6.07 Å². The minimum Gasteiger partial charge on any atom is -0.382 e. The van der Waals surface area contributed by atoms with E-state index in [0.717, 1.165) is 24.3 Å². The summed E-state index contributed by atoms with van der Waals surface area (Å²) >= 11 is 6.78. The Kier molecular flexibility index (Phi) is 10.6. The van der Waals surface area contributed by atoms with Crippen LogP contribution in [0.5, 0.6) is 0 Å². The molecule has 2 aliphatic rings. The van der Waals surface area contributed by atoms with Crippen molar-refractivity contribution in [2.75, 3.05) is 55.7 Å². The van der Waals surface area contributed by atoms with E-state index in [1.165, 1.54) is 23.9 Å². The van der Waals surface area contributed by atoms with E-state index in [4.69, 9.17) is 17.0 Å². The summed E-state index contributed by atoms with van der Waals surface area (Å²) in [6, 6.07) is 8.58. The molecule has 0 atom stereocenters. The third-order valence-corrected chi connectivity index (χ3v) is 8.75. The zero-order chi connectivity index (χ0) is 29.5. The van der Waals surface area contributed by atoms with Crippen LogP contribution in [0.25, 0.3) is 6.08 Å². The fourth-order valence-corrected chi connectivity index (χ4v) is 6.42. The Morgan fingerprint density at radius 3 is 2.39 bits per heavy atom. The molecule has 218 valence electrons. The molecule has 2 saturated heterocycles. The maximum absolute atomic E-state index is 13.6. The number of hydrogen-bond acceptors (Lipinski definition) is 8. The summed E-state index contributed by atoms with van der Waals surface area (Å²) in [5, 5.41) is 9.95. The number of thiocarbonyl (C=S) groups is 1. The monoisotopic (exact) mass is 597 g/mol. The first-order valence-corrected chi connectivity index (χ1v) is 15.3. The molecule has 0 radical (unpaired) electrons. The van der Waals surface area contributed by atoms with Gasteiger partial charge in [0.25, 0.3) is 11.5 Å². The van der Waals surface area contributed by atoms with Crippen molar-refractivity contribution in [2.45, 2.75) is 46.6 Å². The van der Waals surface area contributed by atoms with Gasteiger partial charge in [-0.1, -0.05) is 37.3 Å². The normalized spacial score (nSPS) is 16.7. The van der Waals surface area contributed by atoms with E-state index in [0.29, 0.717) is 79.3 Å².